The molecule has 8 nitrogen and oxygen atoms in total. The second-order valence-corrected chi connectivity index (χ2v) is 8.76. The van der Waals surface area contributed by atoms with Crippen LogP contribution >= 0.6 is 22.9 Å². The lowest BCUT2D eigenvalue weighted by Crippen LogP contribution is -2.31. The number of hydrazone groups is 1. The van der Waals surface area contributed by atoms with Crippen LogP contribution in [0.2, 0.25) is 5.02 Å². The van der Waals surface area contributed by atoms with Gasteiger partial charge in [0.2, 0.25) is 0 Å². The number of hydrogen-bond donors (Lipinski definition) is 1. The zero-order valence-electron chi connectivity index (χ0n) is 18.5. The zero-order valence-corrected chi connectivity index (χ0v) is 20.1. The van der Waals surface area contributed by atoms with Crippen molar-refractivity contribution in [2.24, 2.45) is 5.10 Å². The van der Waals surface area contributed by atoms with Crippen LogP contribution in [0.4, 0.5) is 5.69 Å². The van der Waals surface area contributed by atoms with Crippen molar-refractivity contribution in [1.29, 1.82) is 0 Å². The molecule has 176 valence electrons. The number of hydrogen-bond acceptors (Lipinski definition) is 8. The number of nitrogen functional groups attached to an aromatic ring is 1. The van der Waals surface area contributed by atoms with E-state index in [2.05, 4.69) is 5.10 Å². The average Bonchev–Trinajstić information content (AvgIpc) is 3.54. The summed E-state index contributed by atoms with van der Waals surface area (Å²) in [5.74, 6) is -0.0101. The number of halogens is 1. The molecule has 1 amide bonds. The van der Waals surface area contributed by atoms with Gasteiger partial charge < -0.3 is 19.9 Å². The van der Waals surface area contributed by atoms with Crippen LogP contribution in [0.1, 0.15) is 33.3 Å². The third-order valence-electron chi connectivity index (χ3n) is 5.32. The molecule has 2 N–H and O–H groups in total. The number of ether oxygens (including phenoxy) is 3. The monoisotopic (exact) mass is 499 g/mol. The van der Waals surface area contributed by atoms with E-state index in [0.717, 1.165) is 16.2 Å². The Morgan fingerprint density at radius 2 is 1.94 bits per heavy atom. The van der Waals surface area contributed by atoms with Crippen molar-refractivity contribution in [3.05, 3.63) is 74.9 Å². The van der Waals surface area contributed by atoms with E-state index in [1.807, 2.05) is 29.6 Å². The van der Waals surface area contributed by atoms with E-state index in [1.54, 1.807) is 31.6 Å². The van der Waals surface area contributed by atoms with Gasteiger partial charge in [-0.15, -0.1) is 11.3 Å². The lowest BCUT2D eigenvalue weighted by molar-refractivity contribution is -0.136. The molecule has 1 aromatic heterocycles. The van der Waals surface area contributed by atoms with Crippen molar-refractivity contribution < 1.29 is 23.8 Å². The summed E-state index contributed by atoms with van der Waals surface area (Å²) in [5, 5.41) is 8.22. The Kier molecular flexibility index (Phi) is 7.04. The highest BCUT2D eigenvalue weighted by Gasteiger charge is 2.34. The number of esters is 1. The minimum absolute atomic E-state index is 0.204. The van der Waals surface area contributed by atoms with Crippen LogP contribution in [0.25, 0.3) is 0 Å². The van der Waals surface area contributed by atoms with Gasteiger partial charge in [-0.05, 0) is 47.3 Å². The molecule has 2 aromatic carbocycles. The molecular formula is C24H22ClN3O5S. The Morgan fingerprint density at radius 1 is 1.15 bits per heavy atom. The van der Waals surface area contributed by atoms with E-state index in [1.165, 1.54) is 23.2 Å². The molecule has 0 aliphatic carbocycles. The van der Waals surface area contributed by atoms with Gasteiger partial charge in [-0.2, -0.15) is 5.10 Å². The lowest BCUT2D eigenvalue weighted by Gasteiger charge is -2.22. The molecule has 0 bridgehead atoms. The highest BCUT2D eigenvalue weighted by molar-refractivity contribution is 7.12. The largest absolute Gasteiger partial charge is 0.493 e. The summed E-state index contributed by atoms with van der Waals surface area (Å²) in [7, 11) is 3.11. The van der Waals surface area contributed by atoms with Crippen LogP contribution < -0.4 is 15.2 Å². The molecule has 10 heteroatoms. The van der Waals surface area contributed by atoms with Crippen molar-refractivity contribution in [3.8, 4) is 11.5 Å². The molecule has 0 radical (unpaired) electrons. The molecule has 4 rings (SSSR count). The SMILES string of the molecule is COc1ccc(C2CC(c3cccs3)=NN2C(=O)COC(=O)c2ccc(Cl)c(N)c2)cc1OC. The Hall–Kier alpha value is -3.56. The first kappa shape index (κ1) is 23.6. The van der Waals surface area contributed by atoms with Crippen LogP contribution in [0.3, 0.4) is 0 Å². The van der Waals surface area contributed by atoms with E-state index in [0.29, 0.717) is 22.9 Å². The van der Waals surface area contributed by atoms with Gasteiger partial charge >= 0.3 is 5.97 Å². The topological polar surface area (TPSA) is 103 Å². The molecule has 3 aromatic rings. The molecule has 1 unspecified atom stereocenters. The van der Waals surface area contributed by atoms with Gasteiger partial charge in [-0.1, -0.05) is 23.7 Å². The molecule has 0 saturated heterocycles. The maximum atomic E-state index is 13.1. The first-order chi connectivity index (χ1) is 16.4. The highest BCUT2D eigenvalue weighted by Crippen LogP contribution is 2.38. The van der Waals surface area contributed by atoms with Gasteiger partial charge in [-0.3, -0.25) is 4.79 Å². The van der Waals surface area contributed by atoms with Crippen molar-refractivity contribution >= 4 is 46.2 Å². The fraction of sp³-hybridized carbons (Fsp3) is 0.208. The van der Waals surface area contributed by atoms with E-state index in [9.17, 15) is 9.59 Å². The molecule has 1 aliphatic heterocycles. The number of carbonyl (C=O) groups is 2. The Morgan fingerprint density at radius 3 is 2.62 bits per heavy atom. The summed E-state index contributed by atoms with van der Waals surface area (Å²) in [4.78, 5) is 26.5. The Balaban J connectivity index is 1.56. The lowest BCUT2D eigenvalue weighted by atomic mass is 10.0. The summed E-state index contributed by atoms with van der Waals surface area (Å²) < 4.78 is 16.0. The van der Waals surface area contributed by atoms with Crippen LogP contribution in [0, 0.1) is 0 Å². The maximum absolute atomic E-state index is 13.1. The number of carbonyl (C=O) groups excluding carboxylic acids is 2. The van der Waals surface area contributed by atoms with Gasteiger partial charge in [-0.25, -0.2) is 9.80 Å². The fourth-order valence-electron chi connectivity index (χ4n) is 3.60. The highest BCUT2D eigenvalue weighted by atomic mass is 35.5. The normalized spacial score (nSPS) is 15.1. The number of rotatable bonds is 7. The van der Waals surface area contributed by atoms with Crippen molar-refractivity contribution in [2.45, 2.75) is 12.5 Å². The third-order valence-corrected chi connectivity index (χ3v) is 6.59. The first-order valence-corrected chi connectivity index (χ1v) is 11.5. The molecular weight excluding hydrogens is 478 g/mol. The minimum Gasteiger partial charge on any atom is -0.493 e. The number of nitrogens with zero attached hydrogens (tertiary/aromatic N) is 2. The molecule has 0 fully saturated rings. The van der Waals surface area contributed by atoms with Crippen LogP contribution in [0.5, 0.6) is 11.5 Å². The fourth-order valence-corrected chi connectivity index (χ4v) is 4.44. The van der Waals surface area contributed by atoms with E-state index in [-0.39, 0.29) is 11.3 Å². The summed E-state index contributed by atoms with van der Waals surface area (Å²) >= 11 is 7.44. The van der Waals surface area contributed by atoms with Gasteiger partial charge in [0.15, 0.2) is 18.1 Å². The molecule has 1 atom stereocenters. The molecule has 2 heterocycles. The predicted octanol–water partition coefficient (Wildman–Crippen LogP) is 4.54. The Bertz CT molecular complexity index is 1250. The molecule has 34 heavy (non-hydrogen) atoms. The van der Waals surface area contributed by atoms with Gasteiger partial charge in [0.1, 0.15) is 0 Å². The number of thiophene rings is 1. The average molecular weight is 500 g/mol. The second kappa shape index (κ2) is 10.1. The number of methoxy groups -OCH3 is 2. The van der Waals surface area contributed by atoms with Crippen molar-refractivity contribution in [2.75, 3.05) is 26.6 Å². The molecule has 0 saturated carbocycles. The summed E-state index contributed by atoms with van der Waals surface area (Å²) in [5.41, 5.74) is 7.80. The quantitative estimate of drug-likeness (QED) is 0.378. The molecule has 1 aliphatic rings. The van der Waals surface area contributed by atoms with Crippen molar-refractivity contribution in [1.82, 2.24) is 5.01 Å². The number of nitrogens with two attached hydrogens (primary N) is 1. The van der Waals surface area contributed by atoms with E-state index >= 15 is 0 Å². The van der Waals surface area contributed by atoms with Gasteiger partial charge in [0, 0.05) is 6.42 Å². The predicted molar refractivity (Wildman–Crippen MR) is 131 cm³/mol. The van der Waals surface area contributed by atoms with Gasteiger partial charge in [0.25, 0.3) is 5.91 Å². The maximum Gasteiger partial charge on any atom is 0.338 e. The number of amides is 1. The standard InChI is InChI=1S/C24H22ClN3O5S/c1-31-20-8-6-14(11-21(20)32-2)19-12-18(22-4-3-9-34-22)27-28(19)23(29)13-33-24(30)15-5-7-16(25)17(26)10-15/h3-11,19H,12-13,26H2,1-2H3. The number of benzene rings is 2. The Labute approximate surface area is 205 Å². The van der Waals surface area contributed by atoms with Gasteiger partial charge in [0.05, 0.1) is 47.1 Å². The van der Waals surface area contributed by atoms with Crippen LogP contribution in [-0.2, 0) is 9.53 Å². The number of anilines is 1. The van der Waals surface area contributed by atoms with Crippen molar-refractivity contribution in [3.63, 3.8) is 0 Å². The van der Waals surface area contributed by atoms with E-state index < -0.39 is 24.5 Å². The first-order valence-electron chi connectivity index (χ1n) is 10.3. The minimum atomic E-state index is -0.680. The zero-order chi connectivity index (χ0) is 24.2. The van der Waals surface area contributed by atoms with Crippen LogP contribution in [-0.4, -0.2) is 43.4 Å². The molecule has 0 spiro atoms. The summed E-state index contributed by atoms with van der Waals surface area (Å²) in [6.07, 6.45) is 0.503. The van der Waals surface area contributed by atoms with Crippen LogP contribution in [0.15, 0.2) is 59.0 Å². The second-order valence-electron chi connectivity index (χ2n) is 7.41. The summed E-state index contributed by atoms with van der Waals surface area (Å²) in [6.45, 7) is -0.480. The smallest absolute Gasteiger partial charge is 0.338 e. The summed E-state index contributed by atoms with van der Waals surface area (Å²) in [6, 6.07) is 13.3. The van der Waals surface area contributed by atoms with E-state index in [4.69, 9.17) is 31.5 Å². The third kappa shape index (κ3) is 4.85.